The zero-order valence-corrected chi connectivity index (χ0v) is 10.9. The van der Waals surface area contributed by atoms with Crippen LogP contribution >= 0.6 is 0 Å². The molecule has 2 aliphatic rings. The van der Waals surface area contributed by atoms with Crippen LogP contribution in [0.5, 0.6) is 0 Å². The van der Waals surface area contributed by atoms with E-state index in [-0.39, 0.29) is 0 Å². The number of hydrogen-bond acceptors (Lipinski definition) is 3. The van der Waals surface area contributed by atoms with E-state index in [1.54, 1.807) is 0 Å². The maximum atomic E-state index is 3.41. The quantitative estimate of drug-likeness (QED) is 0.757. The van der Waals surface area contributed by atoms with E-state index in [0.29, 0.717) is 0 Å². The van der Waals surface area contributed by atoms with Gasteiger partial charge in [0.05, 0.1) is 0 Å². The van der Waals surface area contributed by atoms with E-state index in [2.05, 4.69) is 29.0 Å². The molecule has 0 aromatic heterocycles. The highest BCUT2D eigenvalue weighted by atomic mass is 15.3. The zero-order chi connectivity index (χ0) is 11.4. The van der Waals surface area contributed by atoms with Gasteiger partial charge >= 0.3 is 0 Å². The molecule has 0 spiro atoms. The molecule has 0 amide bonds. The Balaban J connectivity index is 1.83. The predicted octanol–water partition coefficient (Wildman–Crippen LogP) is 1.15. The standard InChI is InChI=1S/C13H27N3/c1-3-7-16(13-10-14-11-13)12-5-8-15(4-2)9-6-12/h12-14H,3-11H2,1-2H3. The highest BCUT2D eigenvalue weighted by Gasteiger charge is 2.31. The molecule has 0 radical (unpaired) electrons. The molecular formula is C13H27N3. The van der Waals surface area contributed by atoms with Crippen LogP contribution in [0.2, 0.25) is 0 Å². The van der Waals surface area contributed by atoms with Crippen molar-refractivity contribution >= 4 is 0 Å². The summed E-state index contributed by atoms with van der Waals surface area (Å²) in [5.41, 5.74) is 0. The van der Waals surface area contributed by atoms with Gasteiger partial charge in [0.25, 0.3) is 0 Å². The third kappa shape index (κ3) is 2.76. The topological polar surface area (TPSA) is 18.5 Å². The van der Waals surface area contributed by atoms with Gasteiger partial charge < -0.3 is 10.2 Å². The molecule has 1 N–H and O–H groups in total. The lowest BCUT2D eigenvalue weighted by molar-refractivity contribution is 0.0527. The normalized spacial score (nSPS) is 24.9. The summed E-state index contributed by atoms with van der Waals surface area (Å²) in [7, 11) is 0. The molecule has 0 bridgehead atoms. The molecule has 2 aliphatic heterocycles. The third-order valence-electron chi connectivity index (χ3n) is 4.18. The van der Waals surface area contributed by atoms with Crippen LogP contribution in [-0.4, -0.2) is 61.2 Å². The number of piperidine rings is 1. The predicted molar refractivity (Wildman–Crippen MR) is 68.8 cm³/mol. The van der Waals surface area contributed by atoms with Gasteiger partial charge in [0.15, 0.2) is 0 Å². The first-order valence-corrected chi connectivity index (χ1v) is 7.04. The summed E-state index contributed by atoms with van der Waals surface area (Å²) >= 11 is 0. The van der Waals surface area contributed by atoms with Crippen molar-refractivity contribution < 1.29 is 0 Å². The fourth-order valence-electron chi connectivity index (χ4n) is 3.00. The molecule has 3 nitrogen and oxygen atoms in total. The Morgan fingerprint density at radius 2 is 1.81 bits per heavy atom. The molecule has 2 heterocycles. The average Bonchev–Trinajstić information content (AvgIpc) is 2.26. The van der Waals surface area contributed by atoms with Crippen LogP contribution in [0.1, 0.15) is 33.1 Å². The highest BCUT2D eigenvalue weighted by molar-refractivity contribution is 4.90. The fraction of sp³-hybridized carbons (Fsp3) is 1.00. The largest absolute Gasteiger partial charge is 0.314 e. The fourth-order valence-corrected chi connectivity index (χ4v) is 3.00. The van der Waals surface area contributed by atoms with E-state index in [1.807, 2.05) is 0 Å². The minimum atomic E-state index is 0.832. The lowest BCUT2D eigenvalue weighted by Gasteiger charge is -2.45. The van der Waals surface area contributed by atoms with E-state index >= 15 is 0 Å². The molecule has 16 heavy (non-hydrogen) atoms. The maximum Gasteiger partial charge on any atom is 0.0348 e. The van der Waals surface area contributed by atoms with Gasteiger partial charge in [0, 0.05) is 25.2 Å². The van der Waals surface area contributed by atoms with Crippen molar-refractivity contribution in [2.75, 3.05) is 39.3 Å². The Morgan fingerprint density at radius 3 is 2.25 bits per heavy atom. The molecule has 0 saturated carbocycles. The average molecular weight is 225 g/mol. The number of rotatable bonds is 5. The number of likely N-dealkylation sites (tertiary alicyclic amines) is 1. The molecular weight excluding hydrogens is 198 g/mol. The highest BCUT2D eigenvalue weighted by Crippen LogP contribution is 2.20. The Bertz CT molecular complexity index is 195. The summed E-state index contributed by atoms with van der Waals surface area (Å²) in [6.07, 6.45) is 4.05. The van der Waals surface area contributed by atoms with Crippen LogP contribution < -0.4 is 5.32 Å². The van der Waals surface area contributed by atoms with Crippen LogP contribution in [0.4, 0.5) is 0 Å². The summed E-state index contributed by atoms with van der Waals surface area (Å²) in [4.78, 5) is 5.36. The minimum Gasteiger partial charge on any atom is -0.314 e. The van der Waals surface area contributed by atoms with Crippen molar-refractivity contribution in [3.8, 4) is 0 Å². The van der Waals surface area contributed by atoms with E-state index < -0.39 is 0 Å². The lowest BCUT2D eigenvalue weighted by Crippen LogP contribution is -2.61. The molecule has 2 fully saturated rings. The number of hydrogen-bond donors (Lipinski definition) is 1. The second kappa shape index (κ2) is 5.99. The van der Waals surface area contributed by atoms with E-state index in [4.69, 9.17) is 0 Å². The molecule has 2 saturated heterocycles. The zero-order valence-electron chi connectivity index (χ0n) is 10.9. The molecule has 0 aliphatic carbocycles. The maximum absolute atomic E-state index is 3.41. The first kappa shape index (κ1) is 12.3. The van der Waals surface area contributed by atoms with Crippen LogP contribution in [0.3, 0.4) is 0 Å². The monoisotopic (exact) mass is 225 g/mol. The van der Waals surface area contributed by atoms with Gasteiger partial charge in [-0.05, 0) is 45.4 Å². The Labute approximate surface area is 100 Å². The third-order valence-corrected chi connectivity index (χ3v) is 4.18. The van der Waals surface area contributed by atoms with Gasteiger partial charge in [-0.25, -0.2) is 0 Å². The van der Waals surface area contributed by atoms with Gasteiger partial charge in [-0.15, -0.1) is 0 Å². The number of nitrogens with zero attached hydrogens (tertiary/aromatic N) is 2. The first-order chi connectivity index (χ1) is 7.85. The summed E-state index contributed by atoms with van der Waals surface area (Å²) in [6, 6.07) is 1.69. The molecule has 0 atom stereocenters. The summed E-state index contributed by atoms with van der Waals surface area (Å²) in [5, 5.41) is 3.41. The van der Waals surface area contributed by atoms with Crippen LogP contribution in [-0.2, 0) is 0 Å². The molecule has 3 heteroatoms. The Hall–Kier alpha value is -0.120. The van der Waals surface area contributed by atoms with Crippen LogP contribution in [0.25, 0.3) is 0 Å². The smallest absolute Gasteiger partial charge is 0.0348 e. The Kier molecular flexibility index (Phi) is 4.62. The van der Waals surface area contributed by atoms with Crippen molar-refractivity contribution in [1.29, 1.82) is 0 Å². The molecule has 2 rings (SSSR count). The molecule has 0 unspecified atom stereocenters. The summed E-state index contributed by atoms with van der Waals surface area (Å²) in [5.74, 6) is 0. The molecule has 0 aromatic carbocycles. The summed E-state index contributed by atoms with van der Waals surface area (Å²) < 4.78 is 0. The minimum absolute atomic E-state index is 0.832. The summed E-state index contributed by atoms with van der Waals surface area (Å²) in [6.45, 7) is 12.2. The van der Waals surface area contributed by atoms with Crippen molar-refractivity contribution in [1.82, 2.24) is 15.1 Å². The van der Waals surface area contributed by atoms with E-state index in [9.17, 15) is 0 Å². The van der Waals surface area contributed by atoms with Crippen molar-refractivity contribution in [2.24, 2.45) is 0 Å². The van der Waals surface area contributed by atoms with Crippen molar-refractivity contribution in [2.45, 2.75) is 45.2 Å². The van der Waals surface area contributed by atoms with Crippen LogP contribution in [0.15, 0.2) is 0 Å². The second-order valence-electron chi connectivity index (χ2n) is 5.22. The first-order valence-electron chi connectivity index (χ1n) is 7.04. The van der Waals surface area contributed by atoms with Crippen LogP contribution in [0, 0.1) is 0 Å². The second-order valence-corrected chi connectivity index (χ2v) is 5.22. The van der Waals surface area contributed by atoms with E-state index in [0.717, 1.165) is 12.1 Å². The SMILES string of the molecule is CCCN(C1CCN(CC)CC1)C1CNC1. The Morgan fingerprint density at radius 1 is 1.12 bits per heavy atom. The van der Waals surface area contributed by atoms with Gasteiger partial charge in [-0.1, -0.05) is 13.8 Å². The van der Waals surface area contributed by atoms with Crippen molar-refractivity contribution in [3.05, 3.63) is 0 Å². The lowest BCUT2D eigenvalue weighted by atomic mass is 9.98. The van der Waals surface area contributed by atoms with Gasteiger partial charge in [-0.3, -0.25) is 4.90 Å². The van der Waals surface area contributed by atoms with Crippen molar-refractivity contribution in [3.63, 3.8) is 0 Å². The van der Waals surface area contributed by atoms with E-state index in [1.165, 1.54) is 58.5 Å². The molecule has 0 aromatic rings. The van der Waals surface area contributed by atoms with Gasteiger partial charge in [0.1, 0.15) is 0 Å². The van der Waals surface area contributed by atoms with Gasteiger partial charge in [-0.2, -0.15) is 0 Å². The molecule has 94 valence electrons. The van der Waals surface area contributed by atoms with Gasteiger partial charge in [0.2, 0.25) is 0 Å². The number of nitrogens with one attached hydrogen (secondary N) is 1.